The van der Waals surface area contributed by atoms with E-state index in [4.69, 9.17) is 5.73 Å². The van der Waals surface area contributed by atoms with Crippen LogP contribution >= 0.6 is 23.1 Å². The second kappa shape index (κ2) is 4.87. The number of nitrogen functional groups attached to an aromatic ring is 1. The Morgan fingerprint density at radius 3 is 2.68 bits per heavy atom. The number of thiazole rings is 1. The number of rotatable bonds is 2. The molecule has 0 aliphatic heterocycles. The monoisotopic (exact) mass is 286 g/mol. The number of benzene rings is 2. The minimum Gasteiger partial charge on any atom is -0.399 e. The van der Waals surface area contributed by atoms with E-state index in [1.165, 1.54) is 16.0 Å². The lowest BCUT2D eigenvalue weighted by Crippen LogP contribution is -1.81. The quantitative estimate of drug-likeness (QED) is 0.697. The molecule has 1 aromatic heterocycles. The van der Waals surface area contributed by atoms with Gasteiger partial charge in [-0.2, -0.15) is 0 Å². The van der Waals surface area contributed by atoms with Gasteiger partial charge in [0.05, 0.1) is 10.2 Å². The normalized spacial score (nSPS) is 11.1. The van der Waals surface area contributed by atoms with Gasteiger partial charge in [0.15, 0.2) is 4.34 Å². The van der Waals surface area contributed by atoms with Crippen LogP contribution in [0.15, 0.2) is 45.6 Å². The number of nitrogens with zero attached hydrogens (tertiary/aromatic N) is 1. The van der Waals surface area contributed by atoms with E-state index in [0.717, 1.165) is 20.2 Å². The van der Waals surface area contributed by atoms with Gasteiger partial charge in [0.2, 0.25) is 0 Å². The number of hydrogen-bond donors (Lipinski definition) is 1. The predicted octanol–water partition coefficient (Wildman–Crippen LogP) is 4.65. The van der Waals surface area contributed by atoms with Crippen molar-refractivity contribution in [1.82, 2.24) is 4.98 Å². The average Bonchev–Trinajstić information content (AvgIpc) is 2.75. The van der Waals surface area contributed by atoms with E-state index in [1.807, 2.05) is 18.2 Å². The van der Waals surface area contributed by atoms with Gasteiger partial charge >= 0.3 is 0 Å². The number of anilines is 1. The molecular weight excluding hydrogens is 272 g/mol. The van der Waals surface area contributed by atoms with Crippen LogP contribution in [0, 0.1) is 13.8 Å². The Kier molecular flexibility index (Phi) is 3.21. The lowest BCUT2D eigenvalue weighted by molar-refractivity contribution is 1.26. The fraction of sp³-hybridized carbons (Fsp3) is 0.133. The molecule has 2 nitrogen and oxygen atoms in total. The Bertz CT molecular complexity index is 747. The van der Waals surface area contributed by atoms with Gasteiger partial charge < -0.3 is 5.73 Å². The topological polar surface area (TPSA) is 38.9 Å². The van der Waals surface area contributed by atoms with Crippen molar-refractivity contribution in [2.45, 2.75) is 23.1 Å². The van der Waals surface area contributed by atoms with Crippen LogP contribution in [-0.4, -0.2) is 4.98 Å². The molecule has 0 bridgehead atoms. The maximum absolute atomic E-state index is 5.79. The van der Waals surface area contributed by atoms with Crippen LogP contribution in [0.4, 0.5) is 5.69 Å². The standard InChI is InChI=1S/C15H14N2S2/c1-9-3-5-12(7-10(9)2)18-15-17-13-6-4-11(16)8-14(13)19-15/h3-8H,16H2,1-2H3. The van der Waals surface area contributed by atoms with E-state index >= 15 is 0 Å². The van der Waals surface area contributed by atoms with E-state index < -0.39 is 0 Å². The molecule has 1 heterocycles. The van der Waals surface area contributed by atoms with Gasteiger partial charge in [-0.15, -0.1) is 11.3 Å². The lowest BCUT2D eigenvalue weighted by atomic mass is 10.1. The molecule has 0 fully saturated rings. The first-order valence-electron chi connectivity index (χ1n) is 6.03. The molecule has 2 N–H and O–H groups in total. The summed E-state index contributed by atoms with van der Waals surface area (Å²) in [6.45, 7) is 4.27. The van der Waals surface area contributed by atoms with Gasteiger partial charge in [-0.25, -0.2) is 4.98 Å². The number of aryl methyl sites for hydroxylation is 2. The van der Waals surface area contributed by atoms with E-state index in [-0.39, 0.29) is 0 Å². The Morgan fingerprint density at radius 2 is 1.89 bits per heavy atom. The van der Waals surface area contributed by atoms with E-state index in [1.54, 1.807) is 23.1 Å². The highest BCUT2D eigenvalue weighted by Gasteiger charge is 2.06. The Morgan fingerprint density at radius 1 is 1.05 bits per heavy atom. The van der Waals surface area contributed by atoms with E-state index in [2.05, 4.69) is 37.0 Å². The minimum absolute atomic E-state index is 0.791. The zero-order valence-electron chi connectivity index (χ0n) is 10.8. The van der Waals surface area contributed by atoms with Crippen LogP contribution in [0.2, 0.25) is 0 Å². The summed E-state index contributed by atoms with van der Waals surface area (Å²) in [4.78, 5) is 5.86. The van der Waals surface area contributed by atoms with E-state index in [0.29, 0.717) is 0 Å². The molecule has 19 heavy (non-hydrogen) atoms. The zero-order chi connectivity index (χ0) is 13.4. The molecule has 0 unspecified atom stereocenters. The third-order valence-corrected chi connectivity index (χ3v) is 5.14. The first-order valence-corrected chi connectivity index (χ1v) is 7.66. The molecular formula is C15H14N2S2. The molecule has 0 atom stereocenters. The maximum Gasteiger partial charge on any atom is 0.155 e. The highest BCUT2D eigenvalue weighted by atomic mass is 32.2. The van der Waals surface area contributed by atoms with Gasteiger partial charge in [-0.1, -0.05) is 17.8 Å². The predicted molar refractivity (Wildman–Crippen MR) is 84.1 cm³/mol. The first-order chi connectivity index (χ1) is 9.11. The van der Waals surface area contributed by atoms with Crippen molar-refractivity contribution in [3.8, 4) is 0 Å². The van der Waals surface area contributed by atoms with Crippen molar-refractivity contribution < 1.29 is 0 Å². The van der Waals surface area contributed by atoms with Gasteiger partial charge in [-0.3, -0.25) is 0 Å². The third-order valence-electron chi connectivity index (χ3n) is 3.08. The first kappa shape index (κ1) is 12.5. The van der Waals surface area contributed by atoms with Crippen LogP contribution in [0.1, 0.15) is 11.1 Å². The van der Waals surface area contributed by atoms with Crippen molar-refractivity contribution in [3.05, 3.63) is 47.5 Å². The largest absolute Gasteiger partial charge is 0.399 e. The second-order valence-electron chi connectivity index (χ2n) is 4.56. The fourth-order valence-electron chi connectivity index (χ4n) is 1.84. The van der Waals surface area contributed by atoms with Crippen LogP contribution in [0.25, 0.3) is 10.2 Å². The van der Waals surface area contributed by atoms with Gasteiger partial charge in [-0.05, 0) is 55.3 Å². The van der Waals surface area contributed by atoms with Crippen molar-refractivity contribution in [2.75, 3.05) is 5.73 Å². The molecule has 0 radical (unpaired) electrons. The summed E-state index contributed by atoms with van der Waals surface area (Å²) in [7, 11) is 0. The number of aromatic nitrogens is 1. The van der Waals surface area contributed by atoms with Crippen LogP contribution in [0.3, 0.4) is 0 Å². The van der Waals surface area contributed by atoms with E-state index in [9.17, 15) is 0 Å². The molecule has 96 valence electrons. The molecule has 0 amide bonds. The van der Waals surface area contributed by atoms with Crippen LogP contribution in [0.5, 0.6) is 0 Å². The summed E-state index contributed by atoms with van der Waals surface area (Å²) in [5.41, 5.74) is 10.2. The molecule has 0 saturated heterocycles. The SMILES string of the molecule is Cc1ccc(Sc2nc3ccc(N)cc3s2)cc1C. The molecule has 0 spiro atoms. The summed E-state index contributed by atoms with van der Waals surface area (Å²) in [6.07, 6.45) is 0. The van der Waals surface area contributed by atoms with Crippen molar-refractivity contribution in [1.29, 1.82) is 0 Å². The van der Waals surface area contributed by atoms with Crippen LogP contribution < -0.4 is 5.73 Å². The smallest absolute Gasteiger partial charge is 0.155 e. The minimum atomic E-state index is 0.791. The Balaban J connectivity index is 1.94. The zero-order valence-corrected chi connectivity index (χ0v) is 12.4. The van der Waals surface area contributed by atoms with Crippen LogP contribution in [-0.2, 0) is 0 Å². The summed E-state index contributed by atoms with van der Waals surface area (Å²) < 4.78 is 2.20. The highest BCUT2D eigenvalue weighted by molar-refractivity contribution is 8.01. The lowest BCUT2D eigenvalue weighted by Gasteiger charge is -2.02. The van der Waals surface area contributed by atoms with Crippen molar-refractivity contribution >= 4 is 39.0 Å². The van der Waals surface area contributed by atoms with Crippen molar-refractivity contribution in [3.63, 3.8) is 0 Å². The van der Waals surface area contributed by atoms with Crippen molar-refractivity contribution in [2.24, 2.45) is 0 Å². The van der Waals surface area contributed by atoms with Gasteiger partial charge in [0, 0.05) is 10.6 Å². The number of nitrogens with two attached hydrogens (primary N) is 1. The number of hydrogen-bond acceptors (Lipinski definition) is 4. The summed E-state index contributed by atoms with van der Waals surface area (Å²) in [6, 6.07) is 12.4. The van der Waals surface area contributed by atoms with Gasteiger partial charge in [0.1, 0.15) is 0 Å². The second-order valence-corrected chi connectivity index (χ2v) is 6.91. The number of fused-ring (bicyclic) bond motifs is 1. The third kappa shape index (κ3) is 2.60. The van der Waals surface area contributed by atoms with Gasteiger partial charge in [0.25, 0.3) is 0 Å². The Hall–Kier alpha value is -1.52. The molecule has 2 aromatic carbocycles. The molecule has 0 aliphatic carbocycles. The maximum atomic E-state index is 5.79. The highest BCUT2D eigenvalue weighted by Crippen LogP contribution is 2.35. The molecule has 3 rings (SSSR count). The summed E-state index contributed by atoms with van der Waals surface area (Å²) >= 11 is 3.40. The molecule has 0 aliphatic rings. The molecule has 4 heteroatoms. The summed E-state index contributed by atoms with van der Waals surface area (Å²) in [5.74, 6) is 0. The Labute approximate surface area is 120 Å². The average molecular weight is 286 g/mol. The summed E-state index contributed by atoms with van der Waals surface area (Å²) in [5, 5.41) is 0. The molecule has 0 saturated carbocycles. The molecule has 3 aromatic rings. The fourth-order valence-corrected chi connectivity index (χ4v) is 4.03.